The van der Waals surface area contributed by atoms with Crippen LogP contribution in [0.3, 0.4) is 0 Å². The quantitative estimate of drug-likeness (QED) is 0.288. The van der Waals surface area contributed by atoms with Gasteiger partial charge < -0.3 is 24.8 Å². The second-order valence-electron chi connectivity index (χ2n) is 15.5. The zero-order chi connectivity index (χ0) is 30.0. The van der Waals surface area contributed by atoms with Crippen molar-refractivity contribution in [2.75, 3.05) is 26.4 Å². The molecule has 0 aliphatic heterocycles. The van der Waals surface area contributed by atoms with E-state index in [1.165, 1.54) is 6.92 Å². The average molecular weight is 575 g/mol. The topological polar surface area (TPSA) is 113 Å². The predicted molar refractivity (Wildman–Crippen MR) is 155 cm³/mol. The van der Waals surface area contributed by atoms with Crippen LogP contribution in [0.2, 0.25) is 0 Å². The van der Waals surface area contributed by atoms with Crippen LogP contribution in [0.25, 0.3) is 0 Å². The summed E-state index contributed by atoms with van der Waals surface area (Å²) >= 11 is 0. The zero-order valence-electron chi connectivity index (χ0n) is 26.0. The summed E-state index contributed by atoms with van der Waals surface area (Å²) in [6, 6.07) is 0. The molecular weight excluding hydrogens is 520 g/mol. The van der Waals surface area contributed by atoms with Gasteiger partial charge in [-0.2, -0.15) is 0 Å². The van der Waals surface area contributed by atoms with E-state index in [4.69, 9.17) is 9.47 Å². The molecular formula is C34H54O7. The summed E-state index contributed by atoms with van der Waals surface area (Å²) in [7, 11) is 0. The Balaban J connectivity index is 1.52. The lowest BCUT2D eigenvalue weighted by molar-refractivity contribution is -0.254. The Labute approximate surface area is 246 Å². The van der Waals surface area contributed by atoms with E-state index in [1.54, 1.807) is 0 Å². The third kappa shape index (κ3) is 4.29. The highest BCUT2D eigenvalue weighted by Gasteiger charge is 2.72. The highest BCUT2D eigenvalue weighted by molar-refractivity contribution is 5.78. The van der Waals surface area contributed by atoms with Crippen molar-refractivity contribution in [3.8, 4) is 0 Å². The number of carbonyl (C=O) groups excluding carboxylic acids is 2. The highest BCUT2D eigenvalue weighted by Crippen LogP contribution is 2.77. The highest BCUT2D eigenvalue weighted by atomic mass is 16.5. The largest absolute Gasteiger partial charge is 0.463 e. The van der Waals surface area contributed by atoms with Gasteiger partial charge in [-0.1, -0.05) is 34.3 Å². The molecule has 0 spiro atoms. The fraction of sp³-hybridized carbons (Fsp3) is 0.882. The SMILES string of the molecule is C=C(COC(C)=O)[C@@H]1CC[C@]2(C(=O)OCCO)CC[C@]3(C)C(CC[C@@H]4[C@@]5(C)CC[C@H](O)[C@@](C)(CO)[C@@H]5CC[C@]43C)[C@@H]12. The Morgan fingerprint density at radius 3 is 2.24 bits per heavy atom. The second kappa shape index (κ2) is 10.6. The van der Waals surface area contributed by atoms with E-state index in [0.717, 1.165) is 69.8 Å². The summed E-state index contributed by atoms with van der Waals surface area (Å²) in [6.45, 7) is 15.4. The van der Waals surface area contributed by atoms with E-state index in [9.17, 15) is 24.9 Å². The third-order valence-electron chi connectivity index (χ3n) is 14.3. The van der Waals surface area contributed by atoms with Crippen LogP contribution in [-0.2, 0) is 19.1 Å². The molecule has 0 saturated heterocycles. The van der Waals surface area contributed by atoms with E-state index < -0.39 is 16.9 Å². The summed E-state index contributed by atoms with van der Waals surface area (Å²) in [5, 5.41) is 31.0. The maximum absolute atomic E-state index is 13.8. The number of ether oxygens (including phenoxy) is 2. The Hall–Kier alpha value is -1.44. The molecule has 0 heterocycles. The first-order valence-electron chi connectivity index (χ1n) is 16.1. The minimum absolute atomic E-state index is 0.00526. The summed E-state index contributed by atoms with van der Waals surface area (Å²) < 4.78 is 11.1. The second-order valence-corrected chi connectivity index (χ2v) is 15.5. The van der Waals surface area contributed by atoms with Gasteiger partial charge in [-0.05, 0) is 116 Å². The van der Waals surface area contributed by atoms with Crippen LogP contribution in [0.1, 0.15) is 98.8 Å². The predicted octanol–water partition coefficient (Wildman–Crippen LogP) is 5.06. The van der Waals surface area contributed by atoms with E-state index in [0.29, 0.717) is 11.8 Å². The number of aliphatic hydroxyl groups excluding tert-OH is 3. The summed E-state index contributed by atoms with van der Waals surface area (Å²) in [5.41, 5.74) is -0.0707. The van der Waals surface area contributed by atoms with Crippen molar-refractivity contribution < 1.29 is 34.4 Å². The van der Waals surface area contributed by atoms with Crippen molar-refractivity contribution in [2.45, 2.75) is 105 Å². The van der Waals surface area contributed by atoms with Crippen LogP contribution < -0.4 is 0 Å². The van der Waals surface area contributed by atoms with Crippen LogP contribution in [0, 0.1) is 56.7 Å². The number of esters is 2. The van der Waals surface area contributed by atoms with Crippen LogP contribution >= 0.6 is 0 Å². The van der Waals surface area contributed by atoms with Gasteiger partial charge in [0.25, 0.3) is 0 Å². The molecule has 7 heteroatoms. The first-order valence-corrected chi connectivity index (χ1v) is 16.1. The number of carbonyl (C=O) groups is 2. The van der Waals surface area contributed by atoms with Crippen LogP contribution in [-0.4, -0.2) is 59.8 Å². The molecule has 5 fully saturated rings. The Bertz CT molecular complexity index is 1060. The molecule has 5 aliphatic rings. The minimum Gasteiger partial charge on any atom is -0.463 e. The molecule has 0 radical (unpaired) electrons. The maximum atomic E-state index is 13.8. The molecule has 5 aliphatic carbocycles. The van der Waals surface area contributed by atoms with Gasteiger partial charge in [-0.3, -0.25) is 9.59 Å². The number of aliphatic hydroxyl groups is 3. The van der Waals surface area contributed by atoms with Gasteiger partial charge in [-0.25, -0.2) is 0 Å². The number of hydrogen-bond acceptors (Lipinski definition) is 7. The van der Waals surface area contributed by atoms with Gasteiger partial charge in [0.1, 0.15) is 13.2 Å². The number of rotatable bonds is 7. The van der Waals surface area contributed by atoms with Crippen molar-refractivity contribution in [3.63, 3.8) is 0 Å². The summed E-state index contributed by atoms with van der Waals surface area (Å²) in [5.74, 6) is 0.706. The van der Waals surface area contributed by atoms with E-state index in [2.05, 4.69) is 34.3 Å². The summed E-state index contributed by atoms with van der Waals surface area (Å²) in [4.78, 5) is 25.5. The van der Waals surface area contributed by atoms with Crippen LogP contribution in [0.5, 0.6) is 0 Å². The fourth-order valence-electron chi connectivity index (χ4n) is 12.0. The Morgan fingerprint density at radius 2 is 1.59 bits per heavy atom. The standard InChI is InChI=1S/C34H54O7/c1-21(19-41-22(2)37)23-9-14-34(29(39)40-18-17-35)16-15-32(5)24(28(23)34)7-8-26-30(3)12-11-27(38)31(4,20-36)25(30)10-13-33(26,32)6/h23-28,35-36,38H,1,7-20H2,2-6H3/t23-,24?,25+,26+,27-,28+,30-,31-,32+,33+,34-/m0/s1. The molecule has 232 valence electrons. The summed E-state index contributed by atoms with van der Waals surface area (Å²) in [6.07, 6.45) is 8.69. The van der Waals surface area contributed by atoms with Crippen LogP contribution in [0.15, 0.2) is 12.2 Å². The van der Waals surface area contributed by atoms with Gasteiger partial charge in [0, 0.05) is 12.3 Å². The molecule has 1 unspecified atom stereocenters. The zero-order valence-corrected chi connectivity index (χ0v) is 26.0. The smallest absolute Gasteiger partial charge is 0.312 e. The molecule has 0 aromatic carbocycles. The Kier molecular flexibility index (Phi) is 8.03. The fourth-order valence-corrected chi connectivity index (χ4v) is 12.0. The molecule has 0 aromatic rings. The molecule has 0 bridgehead atoms. The average Bonchev–Trinajstić information content (AvgIpc) is 3.34. The molecule has 5 saturated carbocycles. The molecule has 3 N–H and O–H groups in total. The van der Waals surface area contributed by atoms with Crippen molar-refractivity contribution >= 4 is 11.9 Å². The van der Waals surface area contributed by atoms with E-state index in [-0.39, 0.29) is 72.4 Å². The molecule has 41 heavy (non-hydrogen) atoms. The molecule has 7 nitrogen and oxygen atoms in total. The van der Waals surface area contributed by atoms with Gasteiger partial charge in [0.2, 0.25) is 0 Å². The lowest BCUT2D eigenvalue weighted by atomic mass is 9.32. The maximum Gasteiger partial charge on any atom is 0.312 e. The van der Waals surface area contributed by atoms with Gasteiger partial charge in [-0.15, -0.1) is 0 Å². The normalized spacial score (nSPS) is 48.7. The monoisotopic (exact) mass is 574 g/mol. The van der Waals surface area contributed by atoms with Crippen LogP contribution in [0.4, 0.5) is 0 Å². The minimum atomic E-state index is -0.599. The third-order valence-corrected chi connectivity index (χ3v) is 14.3. The van der Waals surface area contributed by atoms with Gasteiger partial charge in [0.05, 0.1) is 24.7 Å². The molecule has 0 amide bonds. The molecule has 11 atom stereocenters. The van der Waals surface area contributed by atoms with Crippen molar-refractivity contribution in [1.82, 2.24) is 0 Å². The lowest BCUT2D eigenvalue weighted by Gasteiger charge is -2.72. The first-order chi connectivity index (χ1) is 19.2. The molecule has 0 aromatic heterocycles. The van der Waals surface area contributed by atoms with Crippen molar-refractivity contribution in [2.24, 2.45) is 56.7 Å². The number of fused-ring (bicyclic) bond motifs is 7. The van der Waals surface area contributed by atoms with Gasteiger partial charge in [0.15, 0.2) is 0 Å². The van der Waals surface area contributed by atoms with Gasteiger partial charge >= 0.3 is 11.9 Å². The van der Waals surface area contributed by atoms with E-state index in [1.807, 2.05) is 0 Å². The Morgan fingerprint density at radius 1 is 0.854 bits per heavy atom. The molecule has 5 rings (SSSR count). The first kappa shape index (κ1) is 31.0. The number of hydrogen-bond donors (Lipinski definition) is 3. The van der Waals surface area contributed by atoms with Crippen molar-refractivity contribution in [3.05, 3.63) is 12.2 Å². The lowest BCUT2D eigenvalue weighted by Crippen LogP contribution is -2.67. The van der Waals surface area contributed by atoms with Crippen molar-refractivity contribution in [1.29, 1.82) is 0 Å². The van der Waals surface area contributed by atoms with E-state index >= 15 is 0 Å².